The Morgan fingerprint density at radius 2 is 2.25 bits per heavy atom. The fourth-order valence-electron chi connectivity index (χ4n) is 1.37. The lowest BCUT2D eigenvalue weighted by Gasteiger charge is -2.10. The van der Waals surface area contributed by atoms with Crippen molar-refractivity contribution in [2.45, 2.75) is 6.42 Å². The summed E-state index contributed by atoms with van der Waals surface area (Å²) in [5.74, 6) is 0. The fraction of sp³-hybridized carbons (Fsp3) is 0.167. The van der Waals surface area contributed by atoms with Gasteiger partial charge in [-0.3, -0.25) is 9.79 Å². The van der Waals surface area contributed by atoms with Crippen molar-refractivity contribution < 1.29 is 4.79 Å². The summed E-state index contributed by atoms with van der Waals surface area (Å²) >= 11 is 7.56. The van der Waals surface area contributed by atoms with Crippen molar-refractivity contribution in [3.8, 4) is 0 Å². The molecule has 0 unspecified atom stereocenters. The van der Waals surface area contributed by atoms with Crippen LogP contribution in [0.15, 0.2) is 40.2 Å². The maximum atomic E-state index is 10.5. The highest BCUT2D eigenvalue weighted by molar-refractivity contribution is 8.16. The van der Waals surface area contributed by atoms with Crippen LogP contribution in [0.2, 0.25) is 5.02 Å². The van der Waals surface area contributed by atoms with E-state index in [1.807, 2.05) is 29.7 Å². The number of carbonyl (C=O) groups excluding carboxylic acids is 1. The predicted octanol–water partition coefficient (Wildman–Crippen LogP) is 3.11. The molecule has 1 aliphatic rings. The van der Waals surface area contributed by atoms with Crippen molar-refractivity contribution in [2.75, 3.05) is 6.54 Å². The second kappa shape index (κ2) is 5.32. The summed E-state index contributed by atoms with van der Waals surface area (Å²) in [6.07, 6.45) is 1.58. The fourth-order valence-corrected chi connectivity index (χ4v) is 2.36. The largest absolute Gasteiger partial charge is 0.298 e. The Kier molecular flexibility index (Phi) is 3.80. The van der Waals surface area contributed by atoms with Gasteiger partial charge in [0.1, 0.15) is 6.29 Å². The monoisotopic (exact) mass is 251 g/mol. The van der Waals surface area contributed by atoms with Gasteiger partial charge in [0.05, 0.1) is 11.6 Å². The van der Waals surface area contributed by atoms with Gasteiger partial charge < -0.3 is 0 Å². The van der Waals surface area contributed by atoms with Gasteiger partial charge in [0.25, 0.3) is 0 Å². The molecule has 2 nitrogen and oxygen atoms in total. The van der Waals surface area contributed by atoms with Gasteiger partial charge in [0.15, 0.2) is 0 Å². The molecular formula is C12H10ClNOS. The van der Waals surface area contributed by atoms with Crippen molar-refractivity contribution in [1.82, 2.24) is 0 Å². The van der Waals surface area contributed by atoms with E-state index in [0.29, 0.717) is 6.54 Å². The lowest BCUT2D eigenvalue weighted by Crippen LogP contribution is -2.05. The molecule has 0 amide bonds. The molecule has 0 spiro atoms. The van der Waals surface area contributed by atoms with E-state index >= 15 is 0 Å². The number of hydrogen-bond acceptors (Lipinski definition) is 3. The quantitative estimate of drug-likeness (QED) is 0.773. The number of aldehydes is 1. The Morgan fingerprint density at radius 1 is 1.44 bits per heavy atom. The van der Waals surface area contributed by atoms with Crippen molar-refractivity contribution in [2.24, 2.45) is 4.99 Å². The van der Waals surface area contributed by atoms with Gasteiger partial charge in [-0.25, -0.2) is 0 Å². The highest BCUT2D eigenvalue weighted by Gasteiger charge is 2.09. The molecule has 0 N–H and O–H groups in total. The van der Waals surface area contributed by atoms with Crippen LogP contribution in [-0.4, -0.2) is 17.9 Å². The van der Waals surface area contributed by atoms with Gasteiger partial charge in [-0.2, -0.15) is 0 Å². The van der Waals surface area contributed by atoms with Crippen LogP contribution >= 0.6 is 23.4 Å². The lowest BCUT2D eigenvalue weighted by atomic mass is 10.2. The molecule has 16 heavy (non-hydrogen) atoms. The first-order valence-electron chi connectivity index (χ1n) is 4.87. The Morgan fingerprint density at radius 3 is 2.88 bits per heavy atom. The van der Waals surface area contributed by atoms with Crippen LogP contribution in [0.3, 0.4) is 0 Å². The zero-order valence-electron chi connectivity index (χ0n) is 8.52. The SMILES string of the molecule is O=CC1=CSC(Cc2ccccc2Cl)=NC1. The van der Waals surface area contributed by atoms with Crippen LogP contribution in [0.1, 0.15) is 5.56 Å². The van der Waals surface area contributed by atoms with Crippen LogP contribution in [0, 0.1) is 0 Å². The summed E-state index contributed by atoms with van der Waals surface area (Å²) in [5.41, 5.74) is 1.80. The number of hydrogen-bond donors (Lipinski definition) is 0. The molecule has 0 bridgehead atoms. The summed E-state index contributed by atoms with van der Waals surface area (Å²) in [7, 11) is 0. The minimum atomic E-state index is 0.482. The summed E-state index contributed by atoms with van der Waals surface area (Å²) in [4.78, 5) is 14.8. The molecule has 1 aromatic carbocycles. The van der Waals surface area contributed by atoms with E-state index in [-0.39, 0.29) is 0 Å². The average Bonchev–Trinajstić information content (AvgIpc) is 2.33. The van der Waals surface area contributed by atoms with E-state index in [2.05, 4.69) is 4.99 Å². The molecule has 82 valence electrons. The zero-order valence-corrected chi connectivity index (χ0v) is 10.1. The molecule has 0 aliphatic carbocycles. The van der Waals surface area contributed by atoms with Crippen LogP contribution in [0.4, 0.5) is 0 Å². The molecule has 1 heterocycles. The Hall–Kier alpha value is -1.06. The third-order valence-corrected chi connectivity index (χ3v) is 3.57. The first kappa shape index (κ1) is 11.4. The molecule has 0 radical (unpaired) electrons. The molecule has 4 heteroatoms. The molecule has 0 saturated carbocycles. The summed E-state index contributed by atoms with van der Waals surface area (Å²) in [6.45, 7) is 0.482. The van der Waals surface area contributed by atoms with E-state index in [1.165, 1.54) is 11.8 Å². The molecular weight excluding hydrogens is 242 g/mol. The third-order valence-electron chi connectivity index (χ3n) is 2.24. The summed E-state index contributed by atoms with van der Waals surface area (Å²) < 4.78 is 0. The molecule has 0 saturated heterocycles. The second-order valence-electron chi connectivity index (χ2n) is 3.41. The Balaban J connectivity index is 2.05. The normalized spacial score (nSPS) is 15.3. The highest BCUT2D eigenvalue weighted by atomic mass is 35.5. The molecule has 1 aromatic rings. The topological polar surface area (TPSA) is 29.4 Å². The Bertz CT molecular complexity index is 468. The van der Waals surface area contributed by atoms with Crippen molar-refractivity contribution in [3.63, 3.8) is 0 Å². The maximum Gasteiger partial charge on any atom is 0.148 e. The zero-order chi connectivity index (χ0) is 11.4. The van der Waals surface area contributed by atoms with Crippen molar-refractivity contribution in [1.29, 1.82) is 0 Å². The molecule has 2 rings (SSSR count). The van der Waals surface area contributed by atoms with Crippen LogP contribution in [0.5, 0.6) is 0 Å². The molecule has 0 aromatic heterocycles. The first-order valence-corrected chi connectivity index (χ1v) is 6.13. The van der Waals surface area contributed by atoms with Gasteiger partial charge in [-0.05, 0) is 17.0 Å². The van der Waals surface area contributed by atoms with E-state index in [0.717, 1.165) is 33.9 Å². The number of benzene rings is 1. The number of rotatable bonds is 3. The lowest BCUT2D eigenvalue weighted by molar-refractivity contribution is -0.104. The van der Waals surface area contributed by atoms with Crippen molar-refractivity contribution >= 4 is 34.7 Å². The van der Waals surface area contributed by atoms with Gasteiger partial charge in [0, 0.05) is 17.0 Å². The molecule has 1 aliphatic heterocycles. The Labute approximate surface area is 103 Å². The standard InChI is InChI=1S/C12H10ClNOS/c13-11-4-2-1-3-10(11)5-12-14-6-9(7-15)8-16-12/h1-4,7-8H,5-6H2. The molecule has 0 atom stereocenters. The summed E-state index contributed by atoms with van der Waals surface area (Å²) in [5, 5.41) is 3.61. The van der Waals surface area contributed by atoms with Gasteiger partial charge in [-0.15, -0.1) is 0 Å². The minimum absolute atomic E-state index is 0.482. The number of carbonyl (C=O) groups is 1. The van der Waals surface area contributed by atoms with Crippen LogP contribution < -0.4 is 0 Å². The van der Waals surface area contributed by atoms with Crippen LogP contribution in [-0.2, 0) is 11.2 Å². The van der Waals surface area contributed by atoms with E-state index in [4.69, 9.17) is 11.6 Å². The predicted molar refractivity (Wildman–Crippen MR) is 69.2 cm³/mol. The number of halogens is 1. The maximum absolute atomic E-state index is 10.5. The van der Waals surface area contributed by atoms with Crippen molar-refractivity contribution in [3.05, 3.63) is 45.8 Å². The number of aliphatic imine (C=N–C) groups is 1. The number of thioether (sulfide) groups is 1. The average molecular weight is 252 g/mol. The van der Waals surface area contributed by atoms with Crippen LogP contribution in [0.25, 0.3) is 0 Å². The second-order valence-corrected chi connectivity index (χ2v) is 4.76. The van der Waals surface area contributed by atoms with Gasteiger partial charge >= 0.3 is 0 Å². The summed E-state index contributed by atoms with van der Waals surface area (Å²) in [6, 6.07) is 7.73. The van der Waals surface area contributed by atoms with Gasteiger partial charge in [0.2, 0.25) is 0 Å². The number of nitrogens with zero attached hydrogens (tertiary/aromatic N) is 1. The van der Waals surface area contributed by atoms with E-state index < -0.39 is 0 Å². The highest BCUT2D eigenvalue weighted by Crippen LogP contribution is 2.22. The molecule has 0 fully saturated rings. The van der Waals surface area contributed by atoms with E-state index in [9.17, 15) is 4.79 Å². The smallest absolute Gasteiger partial charge is 0.148 e. The minimum Gasteiger partial charge on any atom is -0.298 e. The van der Waals surface area contributed by atoms with E-state index in [1.54, 1.807) is 0 Å². The van der Waals surface area contributed by atoms with Gasteiger partial charge in [-0.1, -0.05) is 41.6 Å². The third kappa shape index (κ3) is 2.74. The first-order chi connectivity index (χ1) is 7.79.